The van der Waals surface area contributed by atoms with Gasteiger partial charge in [-0.15, -0.1) is 0 Å². The SMILES string of the molecule is COc1cc(/C=C2\SC(=O)N(CC(=O)Nc3cccc(C(F)(F)F)c3)C2=O)c(Br)cc1OCc1cccc2ccccc12. The average molecular weight is 671 g/mol. The molecule has 43 heavy (non-hydrogen) atoms. The van der Waals surface area contributed by atoms with E-state index in [9.17, 15) is 27.6 Å². The summed E-state index contributed by atoms with van der Waals surface area (Å²) < 4.78 is 51.1. The standard InChI is InChI=1S/C31H22BrF3N2O5S/c1-41-25-12-20(24(32)15-26(25)42-17-19-8-4-7-18-6-2-3-11-23(18)19)13-27-29(39)37(30(40)43-27)16-28(38)36-22-10-5-9-21(14-22)31(33,34)35/h2-15H,16-17H2,1H3,(H,36,38)/b27-13-. The number of nitrogens with zero attached hydrogens (tertiary/aromatic N) is 1. The zero-order valence-electron chi connectivity index (χ0n) is 22.4. The molecule has 0 bridgehead atoms. The van der Waals surface area contributed by atoms with E-state index >= 15 is 0 Å². The average Bonchev–Trinajstić information content (AvgIpc) is 3.23. The van der Waals surface area contributed by atoms with Crippen molar-refractivity contribution in [2.24, 2.45) is 0 Å². The molecule has 1 heterocycles. The van der Waals surface area contributed by atoms with Gasteiger partial charge >= 0.3 is 6.18 Å². The molecule has 1 fully saturated rings. The minimum Gasteiger partial charge on any atom is -0.493 e. The van der Waals surface area contributed by atoms with Crippen LogP contribution >= 0.6 is 27.7 Å². The summed E-state index contributed by atoms with van der Waals surface area (Å²) >= 11 is 4.13. The third kappa shape index (κ3) is 6.86. The summed E-state index contributed by atoms with van der Waals surface area (Å²) in [5.41, 5.74) is 0.464. The third-order valence-electron chi connectivity index (χ3n) is 6.48. The molecule has 4 aromatic carbocycles. The van der Waals surface area contributed by atoms with Gasteiger partial charge in [0.15, 0.2) is 11.5 Å². The molecular weight excluding hydrogens is 649 g/mol. The molecule has 0 spiro atoms. The fraction of sp³-hybridized carbons (Fsp3) is 0.129. The highest BCUT2D eigenvalue weighted by atomic mass is 79.9. The number of halogens is 4. The van der Waals surface area contributed by atoms with E-state index in [1.165, 1.54) is 19.3 Å². The number of fused-ring (bicyclic) bond motifs is 1. The van der Waals surface area contributed by atoms with Crippen molar-refractivity contribution in [3.8, 4) is 11.5 Å². The van der Waals surface area contributed by atoms with Gasteiger partial charge in [-0.1, -0.05) is 64.5 Å². The molecule has 5 rings (SSSR count). The number of hydrogen-bond donors (Lipinski definition) is 1. The lowest BCUT2D eigenvalue weighted by Gasteiger charge is -2.14. The number of thioether (sulfide) groups is 1. The summed E-state index contributed by atoms with van der Waals surface area (Å²) in [4.78, 5) is 38.9. The van der Waals surface area contributed by atoms with Crippen LogP contribution in [0, 0.1) is 0 Å². The number of anilines is 1. The van der Waals surface area contributed by atoms with Gasteiger partial charge in [0.05, 0.1) is 17.6 Å². The van der Waals surface area contributed by atoms with Crippen molar-refractivity contribution in [2.75, 3.05) is 19.0 Å². The molecule has 0 aliphatic carbocycles. The largest absolute Gasteiger partial charge is 0.493 e. The normalized spacial score (nSPS) is 14.4. The fourth-order valence-electron chi connectivity index (χ4n) is 4.40. The Kier molecular flexibility index (Phi) is 8.79. The van der Waals surface area contributed by atoms with Gasteiger partial charge in [0.1, 0.15) is 13.2 Å². The van der Waals surface area contributed by atoms with Crippen molar-refractivity contribution in [2.45, 2.75) is 12.8 Å². The summed E-state index contributed by atoms with van der Waals surface area (Å²) in [6, 6.07) is 21.3. The highest BCUT2D eigenvalue weighted by Crippen LogP contribution is 2.38. The lowest BCUT2D eigenvalue weighted by Crippen LogP contribution is -2.36. The van der Waals surface area contributed by atoms with Crippen LogP contribution in [0.1, 0.15) is 16.7 Å². The van der Waals surface area contributed by atoms with Gasteiger partial charge in [-0.25, -0.2) is 0 Å². The molecule has 0 aromatic heterocycles. The van der Waals surface area contributed by atoms with Gasteiger partial charge in [-0.2, -0.15) is 13.2 Å². The highest BCUT2D eigenvalue weighted by Gasteiger charge is 2.37. The summed E-state index contributed by atoms with van der Waals surface area (Å²) in [6.07, 6.45) is -3.10. The molecule has 1 N–H and O–H groups in total. The molecule has 1 aliphatic rings. The van der Waals surface area contributed by atoms with Crippen LogP contribution < -0.4 is 14.8 Å². The van der Waals surface area contributed by atoms with Crippen LogP contribution in [0.25, 0.3) is 16.8 Å². The lowest BCUT2D eigenvalue weighted by atomic mass is 10.1. The van der Waals surface area contributed by atoms with Crippen LogP contribution in [0.2, 0.25) is 0 Å². The van der Waals surface area contributed by atoms with Gasteiger partial charge in [-0.05, 0) is 70.1 Å². The Balaban J connectivity index is 1.29. The van der Waals surface area contributed by atoms with E-state index in [1.807, 2.05) is 42.5 Å². The number of carbonyl (C=O) groups is 3. The van der Waals surface area contributed by atoms with E-state index in [-0.39, 0.29) is 17.2 Å². The van der Waals surface area contributed by atoms with Gasteiger partial charge < -0.3 is 14.8 Å². The Hall–Kier alpha value is -4.29. The molecule has 12 heteroatoms. The Labute approximate surface area is 256 Å². The van der Waals surface area contributed by atoms with Gasteiger partial charge in [0, 0.05) is 10.2 Å². The van der Waals surface area contributed by atoms with E-state index in [4.69, 9.17) is 9.47 Å². The smallest absolute Gasteiger partial charge is 0.416 e. The van der Waals surface area contributed by atoms with Gasteiger partial charge in [-0.3, -0.25) is 19.3 Å². The predicted molar refractivity (Wildman–Crippen MR) is 162 cm³/mol. The monoisotopic (exact) mass is 670 g/mol. The second-order valence-electron chi connectivity index (χ2n) is 9.35. The summed E-state index contributed by atoms with van der Waals surface area (Å²) in [5, 5.41) is 3.77. The minimum atomic E-state index is -4.59. The lowest BCUT2D eigenvalue weighted by molar-refractivity contribution is -0.137. The number of ether oxygens (including phenoxy) is 2. The number of hydrogen-bond acceptors (Lipinski definition) is 6. The van der Waals surface area contributed by atoms with Crippen molar-refractivity contribution < 1.29 is 37.0 Å². The Morgan fingerprint density at radius 1 is 1.00 bits per heavy atom. The third-order valence-corrected chi connectivity index (χ3v) is 8.08. The number of rotatable bonds is 8. The number of imide groups is 1. The van der Waals surface area contributed by atoms with Crippen molar-refractivity contribution in [1.29, 1.82) is 0 Å². The van der Waals surface area contributed by atoms with E-state index in [0.29, 0.717) is 33.3 Å². The van der Waals surface area contributed by atoms with E-state index in [0.717, 1.165) is 39.4 Å². The maximum absolute atomic E-state index is 13.0. The molecule has 220 valence electrons. The molecule has 0 unspecified atom stereocenters. The number of carbonyl (C=O) groups excluding carboxylic acids is 3. The van der Waals surface area contributed by atoms with Crippen LogP contribution in [0.3, 0.4) is 0 Å². The molecule has 3 amide bonds. The molecular formula is C31H22BrF3N2O5S. The zero-order valence-corrected chi connectivity index (χ0v) is 24.8. The van der Waals surface area contributed by atoms with E-state index < -0.39 is 35.3 Å². The van der Waals surface area contributed by atoms with Gasteiger partial charge in [0.2, 0.25) is 5.91 Å². The van der Waals surface area contributed by atoms with Crippen molar-refractivity contribution >= 4 is 67.3 Å². The van der Waals surface area contributed by atoms with Crippen LogP contribution in [0.5, 0.6) is 11.5 Å². The first kappa shape index (κ1) is 30.2. The topological polar surface area (TPSA) is 84.9 Å². The van der Waals surface area contributed by atoms with Crippen molar-refractivity contribution in [3.05, 3.63) is 105 Å². The van der Waals surface area contributed by atoms with Gasteiger partial charge in [0.25, 0.3) is 11.1 Å². The first-order valence-electron chi connectivity index (χ1n) is 12.7. The number of alkyl halides is 3. The molecule has 1 saturated heterocycles. The van der Waals surface area contributed by atoms with Crippen LogP contribution in [-0.2, 0) is 22.4 Å². The highest BCUT2D eigenvalue weighted by molar-refractivity contribution is 9.10. The Morgan fingerprint density at radius 2 is 1.74 bits per heavy atom. The Morgan fingerprint density at radius 3 is 2.51 bits per heavy atom. The molecule has 0 radical (unpaired) electrons. The maximum Gasteiger partial charge on any atom is 0.416 e. The predicted octanol–water partition coefficient (Wildman–Crippen LogP) is 7.88. The zero-order chi connectivity index (χ0) is 30.7. The van der Waals surface area contributed by atoms with E-state index in [2.05, 4.69) is 21.2 Å². The maximum atomic E-state index is 13.0. The summed E-state index contributed by atoms with van der Waals surface area (Å²) in [5.74, 6) is -0.678. The van der Waals surface area contributed by atoms with Crippen LogP contribution in [0.4, 0.5) is 23.7 Å². The fourth-order valence-corrected chi connectivity index (χ4v) is 5.67. The molecule has 0 atom stereocenters. The summed E-state index contributed by atoms with van der Waals surface area (Å²) in [7, 11) is 1.48. The minimum absolute atomic E-state index is 0.0593. The second-order valence-corrected chi connectivity index (χ2v) is 11.2. The first-order valence-corrected chi connectivity index (χ1v) is 14.3. The molecule has 1 aliphatic heterocycles. The van der Waals surface area contributed by atoms with Crippen molar-refractivity contribution in [1.82, 2.24) is 4.90 Å². The van der Waals surface area contributed by atoms with Crippen molar-refractivity contribution in [3.63, 3.8) is 0 Å². The Bertz CT molecular complexity index is 1770. The second kappa shape index (κ2) is 12.5. The molecule has 4 aromatic rings. The quantitative estimate of drug-likeness (QED) is 0.192. The van der Waals surface area contributed by atoms with Crippen LogP contribution in [-0.4, -0.2) is 35.6 Å². The number of benzene rings is 4. The first-order chi connectivity index (χ1) is 20.5. The number of methoxy groups -OCH3 is 1. The number of nitrogens with one attached hydrogen (secondary N) is 1. The van der Waals surface area contributed by atoms with Crippen LogP contribution in [0.15, 0.2) is 88.2 Å². The number of amides is 3. The molecule has 0 saturated carbocycles. The van der Waals surface area contributed by atoms with E-state index in [1.54, 1.807) is 12.1 Å². The molecule has 7 nitrogen and oxygen atoms in total. The summed E-state index contributed by atoms with van der Waals surface area (Å²) in [6.45, 7) is -0.380.